The maximum atomic E-state index is 11.7. The SMILES string of the molecule is Cc1cccc(C(=O)OCCOCCN(C)C)c1. The first kappa shape index (κ1) is 14.7. The number of esters is 1. The Bertz CT molecular complexity index is 377. The van der Waals surface area contributed by atoms with Crippen LogP contribution in [0.2, 0.25) is 0 Å². The van der Waals surface area contributed by atoms with Gasteiger partial charge in [-0.3, -0.25) is 0 Å². The normalized spacial score (nSPS) is 10.7. The summed E-state index contributed by atoms with van der Waals surface area (Å²) in [4.78, 5) is 13.7. The molecule has 0 heterocycles. The van der Waals surface area contributed by atoms with Gasteiger partial charge in [-0.15, -0.1) is 0 Å². The monoisotopic (exact) mass is 251 g/mol. The highest BCUT2D eigenvalue weighted by Gasteiger charge is 2.06. The smallest absolute Gasteiger partial charge is 0.338 e. The topological polar surface area (TPSA) is 38.8 Å². The summed E-state index contributed by atoms with van der Waals surface area (Å²) in [5.74, 6) is -0.296. The second-order valence-electron chi connectivity index (χ2n) is 4.42. The molecule has 4 heteroatoms. The molecule has 0 bridgehead atoms. The molecule has 1 aromatic rings. The fourth-order valence-corrected chi connectivity index (χ4v) is 1.40. The molecule has 0 aromatic heterocycles. The van der Waals surface area contributed by atoms with Gasteiger partial charge in [-0.1, -0.05) is 17.7 Å². The van der Waals surface area contributed by atoms with Crippen LogP contribution in [0.3, 0.4) is 0 Å². The summed E-state index contributed by atoms with van der Waals surface area (Å²) < 4.78 is 10.4. The van der Waals surface area contributed by atoms with E-state index in [-0.39, 0.29) is 5.97 Å². The van der Waals surface area contributed by atoms with Crippen molar-refractivity contribution in [2.45, 2.75) is 6.92 Å². The maximum absolute atomic E-state index is 11.7. The molecule has 0 N–H and O–H groups in total. The molecule has 0 spiro atoms. The van der Waals surface area contributed by atoms with Gasteiger partial charge in [0.15, 0.2) is 0 Å². The van der Waals surface area contributed by atoms with Crippen molar-refractivity contribution < 1.29 is 14.3 Å². The minimum Gasteiger partial charge on any atom is -0.460 e. The number of carbonyl (C=O) groups excluding carboxylic acids is 1. The lowest BCUT2D eigenvalue weighted by molar-refractivity contribution is 0.0299. The van der Waals surface area contributed by atoms with E-state index < -0.39 is 0 Å². The predicted molar refractivity (Wildman–Crippen MR) is 70.8 cm³/mol. The first-order valence-corrected chi connectivity index (χ1v) is 6.06. The minimum atomic E-state index is -0.296. The molecule has 0 fully saturated rings. The van der Waals surface area contributed by atoms with E-state index >= 15 is 0 Å². The summed E-state index contributed by atoms with van der Waals surface area (Å²) in [6.07, 6.45) is 0. The Hall–Kier alpha value is -1.39. The van der Waals surface area contributed by atoms with Crippen molar-refractivity contribution in [2.24, 2.45) is 0 Å². The van der Waals surface area contributed by atoms with Gasteiger partial charge in [-0.25, -0.2) is 4.79 Å². The highest BCUT2D eigenvalue weighted by molar-refractivity contribution is 5.89. The summed E-state index contributed by atoms with van der Waals surface area (Å²) in [5, 5.41) is 0. The van der Waals surface area contributed by atoms with Crippen LogP contribution in [0.1, 0.15) is 15.9 Å². The number of rotatable bonds is 7. The van der Waals surface area contributed by atoms with Crippen molar-refractivity contribution in [3.05, 3.63) is 35.4 Å². The third-order valence-electron chi connectivity index (χ3n) is 2.40. The molecule has 0 radical (unpaired) electrons. The van der Waals surface area contributed by atoms with Gasteiger partial charge < -0.3 is 14.4 Å². The molecule has 100 valence electrons. The van der Waals surface area contributed by atoms with Gasteiger partial charge in [-0.05, 0) is 33.2 Å². The van der Waals surface area contributed by atoms with Gasteiger partial charge in [0.05, 0.1) is 18.8 Å². The van der Waals surface area contributed by atoms with Crippen LogP contribution < -0.4 is 0 Å². The molecule has 0 saturated carbocycles. The van der Waals surface area contributed by atoms with Crippen molar-refractivity contribution in [1.82, 2.24) is 4.90 Å². The van der Waals surface area contributed by atoms with E-state index in [1.807, 2.05) is 44.1 Å². The molecular formula is C14H21NO3. The Kier molecular flexibility index (Phi) is 6.39. The third kappa shape index (κ3) is 5.80. The van der Waals surface area contributed by atoms with E-state index in [0.717, 1.165) is 12.1 Å². The number of hydrogen-bond acceptors (Lipinski definition) is 4. The summed E-state index contributed by atoms with van der Waals surface area (Å²) in [7, 11) is 3.97. The zero-order valence-corrected chi connectivity index (χ0v) is 11.3. The average molecular weight is 251 g/mol. The van der Waals surface area contributed by atoms with Crippen molar-refractivity contribution in [3.8, 4) is 0 Å². The number of likely N-dealkylation sites (N-methyl/N-ethyl adjacent to an activating group) is 1. The van der Waals surface area contributed by atoms with Gasteiger partial charge in [0.25, 0.3) is 0 Å². The summed E-state index contributed by atoms with van der Waals surface area (Å²) in [6, 6.07) is 7.36. The van der Waals surface area contributed by atoms with E-state index in [2.05, 4.69) is 0 Å². The van der Waals surface area contributed by atoms with Crippen molar-refractivity contribution in [1.29, 1.82) is 0 Å². The molecule has 0 atom stereocenters. The lowest BCUT2D eigenvalue weighted by atomic mass is 10.1. The zero-order chi connectivity index (χ0) is 13.4. The first-order valence-electron chi connectivity index (χ1n) is 6.06. The molecule has 18 heavy (non-hydrogen) atoms. The highest BCUT2D eigenvalue weighted by Crippen LogP contribution is 2.05. The van der Waals surface area contributed by atoms with Crippen LogP contribution in [0.25, 0.3) is 0 Å². The number of benzene rings is 1. The van der Waals surface area contributed by atoms with Gasteiger partial charge in [0.2, 0.25) is 0 Å². The van der Waals surface area contributed by atoms with Crippen LogP contribution in [0.4, 0.5) is 0 Å². The van der Waals surface area contributed by atoms with Gasteiger partial charge in [0.1, 0.15) is 6.61 Å². The van der Waals surface area contributed by atoms with E-state index in [4.69, 9.17) is 9.47 Å². The van der Waals surface area contributed by atoms with Gasteiger partial charge in [-0.2, -0.15) is 0 Å². The third-order valence-corrected chi connectivity index (χ3v) is 2.40. The van der Waals surface area contributed by atoms with Crippen LogP contribution in [0.15, 0.2) is 24.3 Å². The lowest BCUT2D eigenvalue weighted by Gasteiger charge is -2.10. The fraction of sp³-hybridized carbons (Fsp3) is 0.500. The Morgan fingerprint density at radius 3 is 2.67 bits per heavy atom. The maximum Gasteiger partial charge on any atom is 0.338 e. The van der Waals surface area contributed by atoms with Crippen LogP contribution >= 0.6 is 0 Å². The van der Waals surface area contributed by atoms with E-state index in [1.54, 1.807) is 6.07 Å². The Labute approximate surface area is 108 Å². The number of aryl methyl sites for hydroxylation is 1. The Balaban J connectivity index is 2.18. The number of hydrogen-bond donors (Lipinski definition) is 0. The largest absolute Gasteiger partial charge is 0.460 e. The summed E-state index contributed by atoms with van der Waals surface area (Å²) in [5.41, 5.74) is 1.63. The van der Waals surface area contributed by atoms with Crippen LogP contribution in [-0.4, -0.2) is 51.3 Å². The van der Waals surface area contributed by atoms with Gasteiger partial charge in [0, 0.05) is 6.54 Å². The molecule has 1 aromatic carbocycles. The van der Waals surface area contributed by atoms with E-state index in [1.165, 1.54) is 0 Å². The Morgan fingerprint density at radius 2 is 2.00 bits per heavy atom. The first-order chi connectivity index (χ1) is 8.59. The van der Waals surface area contributed by atoms with Crippen molar-refractivity contribution in [3.63, 3.8) is 0 Å². The average Bonchev–Trinajstić information content (AvgIpc) is 2.33. The van der Waals surface area contributed by atoms with Crippen molar-refractivity contribution in [2.75, 3.05) is 40.5 Å². The molecule has 0 aliphatic carbocycles. The number of ether oxygens (including phenoxy) is 2. The number of nitrogens with zero attached hydrogens (tertiary/aromatic N) is 1. The van der Waals surface area contributed by atoms with Crippen LogP contribution in [0, 0.1) is 6.92 Å². The molecular weight excluding hydrogens is 230 g/mol. The quantitative estimate of drug-likeness (QED) is 0.546. The second kappa shape index (κ2) is 7.84. The molecule has 0 amide bonds. The Morgan fingerprint density at radius 1 is 1.22 bits per heavy atom. The molecule has 0 unspecified atom stereocenters. The molecule has 4 nitrogen and oxygen atoms in total. The van der Waals surface area contributed by atoms with Crippen LogP contribution in [-0.2, 0) is 9.47 Å². The molecule has 0 aliphatic heterocycles. The number of carbonyl (C=O) groups is 1. The second-order valence-corrected chi connectivity index (χ2v) is 4.42. The molecule has 1 rings (SSSR count). The van der Waals surface area contributed by atoms with E-state index in [9.17, 15) is 4.79 Å². The highest BCUT2D eigenvalue weighted by atomic mass is 16.6. The van der Waals surface area contributed by atoms with Crippen LogP contribution in [0.5, 0.6) is 0 Å². The molecule has 0 aliphatic rings. The minimum absolute atomic E-state index is 0.292. The fourth-order valence-electron chi connectivity index (χ4n) is 1.40. The molecule has 0 saturated heterocycles. The standard InChI is InChI=1S/C14H21NO3/c1-12-5-4-6-13(11-12)14(16)18-10-9-17-8-7-15(2)3/h4-6,11H,7-10H2,1-3H3. The zero-order valence-electron chi connectivity index (χ0n) is 11.3. The summed E-state index contributed by atoms with van der Waals surface area (Å²) in [6.45, 7) is 4.19. The van der Waals surface area contributed by atoms with Gasteiger partial charge >= 0.3 is 5.97 Å². The van der Waals surface area contributed by atoms with Crippen molar-refractivity contribution >= 4 is 5.97 Å². The predicted octanol–water partition coefficient (Wildman–Crippen LogP) is 1.73. The summed E-state index contributed by atoms with van der Waals surface area (Å²) >= 11 is 0. The van der Waals surface area contributed by atoms with E-state index in [0.29, 0.717) is 25.4 Å². The lowest BCUT2D eigenvalue weighted by Crippen LogP contribution is -2.19.